The van der Waals surface area contributed by atoms with E-state index in [-0.39, 0.29) is 11.7 Å². The Morgan fingerprint density at radius 2 is 1.79 bits per heavy atom. The molecule has 0 radical (unpaired) electrons. The summed E-state index contributed by atoms with van der Waals surface area (Å²) in [6, 6.07) is 21.1. The average molecular weight is 554 g/mol. The lowest BCUT2D eigenvalue weighted by Crippen LogP contribution is -2.19. The van der Waals surface area contributed by atoms with Crippen LogP contribution in [0, 0.1) is 0 Å². The number of thioether (sulfide) groups is 1. The first-order valence-electron chi connectivity index (χ1n) is 10.1. The van der Waals surface area contributed by atoms with E-state index in [1.807, 2.05) is 71.3 Å². The lowest BCUT2D eigenvalue weighted by atomic mass is 10.2. The molecule has 0 saturated heterocycles. The van der Waals surface area contributed by atoms with Crippen molar-refractivity contribution in [2.45, 2.75) is 5.16 Å². The van der Waals surface area contributed by atoms with Gasteiger partial charge < -0.3 is 0 Å². The maximum atomic E-state index is 12.3. The van der Waals surface area contributed by atoms with Crippen molar-refractivity contribution in [3.63, 3.8) is 0 Å². The fourth-order valence-corrected chi connectivity index (χ4v) is 4.13. The van der Waals surface area contributed by atoms with E-state index in [9.17, 15) is 4.79 Å². The minimum absolute atomic E-state index is 0.0996. The molecule has 7 nitrogen and oxygen atoms in total. The van der Waals surface area contributed by atoms with Gasteiger partial charge in [-0.2, -0.15) is 5.10 Å². The normalized spacial score (nSPS) is 11.6. The molecule has 4 rings (SSSR count). The standard InChI is InChI=1S/C24H18BrClN6OS/c25-19-6-8-21(9-7-19)32-23(18-10-12-27-13-11-18)30-31-24(32)34-16-22(33)29-28-15-20(26)14-17-4-2-1-3-5-17/h1-15H,16H2,(H,29,33). The molecule has 0 spiro atoms. The highest BCUT2D eigenvalue weighted by atomic mass is 79.9. The predicted octanol–water partition coefficient (Wildman–Crippen LogP) is 5.57. The number of rotatable bonds is 8. The Labute approximate surface area is 214 Å². The molecule has 2 heterocycles. The number of nitrogens with one attached hydrogen (secondary N) is 1. The summed E-state index contributed by atoms with van der Waals surface area (Å²) in [6.07, 6.45) is 6.55. The number of allylic oxidation sites excluding steroid dienone is 1. The molecule has 0 aliphatic carbocycles. The summed E-state index contributed by atoms with van der Waals surface area (Å²) in [5.74, 6) is 0.465. The Morgan fingerprint density at radius 3 is 2.53 bits per heavy atom. The van der Waals surface area contributed by atoms with Crippen LogP contribution in [0.2, 0.25) is 0 Å². The van der Waals surface area contributed by atoms with Gasteiger partial charge in [0.2, 0.25) is 0 Å². The second-order valence-electron chi connectivity index (χ2n) is 6.88. The van der Waals surface area contributed by atoms with Crippen LogP contribution >= 0.6 is 39.3 Å². The smallest absolute Gasteiger partial charge is 0.250 e. The minimum atomic E-state index is -0.291. The highest BCUT2D eigenvalue weighted by Gasteiger charge is 2.17. The molecule has 0 unspecified atom stereocenters. The van der Waals surface area contributed by atoms with Gasteiger partial charge in [0.15, 0.2) is 11.0 Å². The largest absolute Gasteiger partial charge is 0.272 e. The molecule has 10 heteroatoms. The lowest BCUT2D eigenvalue weighted by Gasteiger charge is -2.10. The van der Waals surface area contributed by atoms with Gasteiger partial charge in [0, 0.05) is 28.1 Å². The van der Waals surface area contributed by atoms with Crippen LogP contribution < -0.4 is 5.43 Å². The molecule has 4 aromatic rings. The Balaban J connectivity index is 1.45. The van der Waals surface area contributed by atoms with Crippen molar-refractivity contribution in [3.05, 3.63) is 94.2 Å². The highest BCUT2D eigenvalue weighted by molar-refractivity contribution is 9.10. The van der Waals surface area contributed by atoms with Gasteiger partial charge >= 0.3 is 0 Å². The molecule has 170 valence electrons. The Morgan fingerprint density at radius 1 is 1.06 bits per heavy atom. The van der Waals surface area contributed by atoms with Crippen LogP contribution in [-0.4, -0.2) is 37.6 Å². The molecule has 0 bridgehead atoms. The monoisotopic (exact) mass is 552 g/mol. The van der Waals surface area contributed by atoms with Gasteiger partial charge in [0.1, 0.15) is 0 Å². The molecular weight excluding hydrogens is 536 g/mol. The fraction of sp³-hybridized carbons (Fsp3) is 0.0417. The number of aromatic nitrogens is 4. The molecule has 34 heavy (non-hydrogen) atoms. The van der Waals surface area contributed by atoms with Crippen LogP contribution in [0.3, 0.4) is 0 Å². The SMILES string of the molecule is O=C(CSc1nnc(-c2ccncc2)n1-c1ccc(Br)cc1)NN=CC(Cl)=Cc1ccccc1. The summed E-state index contributed by atoms with van der Waals surface area (Å²) in [5, 5.41) is 13.6. The first-order chi connectivity index (χ1) is 16.6. The third kappa shape index (κ3) is 6.40. The maximum absolute atomic E-state index is 12.3. The van der Waals surface area contributed by atoms with E-state index in [0.717, 1.165) is 21.3 Å². The van der Waals surface area contributed by atoms with E-state index < -0.39 is 0 Å². The first-order valence-corrected chi connectivity index (χ1v) is 12.2. The summed E-state index contributed by atoms with van der Waals surface area (Å²) >= 11 is 10.9. The average Bonchev–Trinajstić information content (AvgIpc) is 3.28. The van der Waals surface area contributed by atoms with Crippen LogP contribution in [0.5, 0.6) is 0 Å². The Kier molecular flexibility index (Phi) is 8.24. The quantitative estimate of drug-likeness (QED) is 0.175. The number of carbonyl (C=O) groups is 1. The predicted molar refractivity (Wildman–Crippen MR) is 140 cm³/mol. The topological polar surface area (TPSA) is 85.1 Å². The molecule has 1 amide bonds. The van der Waals surface area contributed by atoms with Crippen molar-refractivity contribution in [2.24, 2.45) is 5.10 Å². The van der Waals surface area contributed by atoms with E-state index in [2.05, 4.69) is 41.6 Å². The lowest BCUT2D eigenvalue weighted by molar-refractivity contribution is -0.118. The number of benzene rings is 2. The molecule has 0 fully saturated rings. The van der Waals surface area contributed by atoms with Crippen LogP contribution in [0.4, 0.5) is 0 Å². The number of amides is 1. The molecule has 0 aliphatic rings. The van der Waals surface area contributed by atoms with Gasteiger partial charge in [-0.15, -0.1) is 10.2 Å². The number of pyridine rings is 1. The Hall–Kier alpha value is -3.27. The van der Waals surface area contributed by atoms with Crippen molar-refractivity contribution in [2.75, 3.05) is 5.75 Å². The highest BCUT2D eigenvalue weighted by Crippen LogP contribution is 2.28. The minimum Gasteiger partial charge on any atom is -0.272 e. The van der Waals surface area contributed by atoms with E-state index in [1.165, 1.54) is 18.0 Å². The van der Waals surface area contributed by atoms with Crippen molar-refractivity contribution in [1.29, 1.82) is 0 Å². The van der Waals surface area contributed by atoms with Crippen LogP contribution in [0.1, 0.15) is 5.56 Å². The molecule has 1 N–H and O–H groups in total. The van der Waals surface area contributed by atoms with Crippen LogP contribution in [0.25, 0.3) is 23.2 Å². The summed E-state index contributed by atoms with van der Waals surface area (Å²) in [5.41, 5.74) is 5.17. The fourth-order valence-electron chi connectivity index (χ4n) is 2.95. The first kappa shape index (κ1) is 23.9. The van der Waals surface area contributed by atoms with Crippen molar-refractivity contribution in [3.8, 4) is 17.1 Å². The second kappa shape index (κ2) is 11.7. The molecule has 0 saturated carbocycles. The molecule has 2 aromatic heterocycles. The third-order valence-electron chi connectivity index (χ3n) is 4.47. The molecule has 0 aliphatic heterocycles. The van der Waals surface area contributed by atoms with Crippen molar-refractivity contribution < 1.29 is 4.79 Å². The van der Waals surface area contributed by atoms with Gasteiger partial charge in [-0.05, 0) is 48.0 Å². The maximum Gasteiger partial charge on any atom is 0.250 e. The van der Waals surface area contributed by atoms with Gasteiger partial charge in [-0.3, -0.25) is 14.3 Å². The molecule has 0 atom stereocenters. The zero-order valence-corrected chi connectivity index (χ0v) is 20.8. The number of nitrogens with zero attached hydrogens (tertiary/aromatic N) is 5. The summed E-state index contributed by atoms with van der Waals surface area (Å²) in [7, 11) is 0. The van der Waals surface area contributed by atoms with Gasteiger partial charge in [0.05, 0.1) is 17.0 Å². The zero-order valence-electron chi connectivity index (χ0n) is 17.7. The Bertz CT molecular complexity index is 1310. The summed E-state index contributed by atoms with van der Waals surface area (Å²) < 4.78 is 2.86. The van der Waals surface area contributed by atoms with Crippen molar-refractivity contribution in [1.82, 2.24) is 25.2 Å². The number of carbonyl (C=O) groups excluding carboxylic acids is 1. The van der Waals surface area contributed by atoms with Crippen LogP contribution in [0.15, 0.2) is 98.9 Å². The number of hydrogen-bond donors (Lipinski definition) is 1. The van der Waals surface area contributed by atoms with Crippen LogP contribution in [-0.2, 0) is 4.79 Å². The number of hydrogen-bond acceptors (Lipinski definition) is 6. The molecule has 2 aromatic carbocycles. The number of hydrazone groups is 1. The van der Waals surface area contributed by atoms with E-state index in [0.29, 0.717) is 16.0 Å². The van der Waals surface area contributed by atoms with E-state index >= 15 is 0 Å². The van der Waals surface area contributed by atoms with Gasteiger partial charge in [-0.1, -0.05) is 69.6 Å². The van der Waals surface area contributed by atoms with Gasteiger partial charge in [-0.25, -0.2) is 5.43 Å². The van der Waals surface area contributed by atoms with E-state index in [4.69, 9.17) is 11.6 Å². The number of halogens is 2. The zero-order chi connectivity index (χ0) is 23.8. The van der Waals surface area contributed by atoms with Gasteiger partial charge in [0.25, 0.3) is 5.91 Å². The summed E-state index contributed by atoms with van der Waals surface area (Å²) in [6.45, 7) is 0. The van der Waals surface area contributed by atoms with Crippen molar-refractivity contribution >= 4 is 57.5 Å². The second-order valence-corrected chi connectivity index (χ2v) is 9.17. The van der Waals surface area contributed by atoms with E-state index in [1.54, 1.807) is 18.5 Å². The summed E-state index contributed by atoms with van der Waals surface area (Å²) in [4.78, 5) is 16.4. The third-order valence-corrected chi connectivity index (χ3v) is 6.13. The molecular formula is C24H18BrClN6OS.